The van der Waals surface area contributed by atoms with Gasteiger partial charge in [-0.2, -0.15) is 0 Å². The summed E-state index contributed by atoms with van der Waals surface area (Å²) in [4.78, 5) is 24.8. The number of halogens is 1. The van der Waals surface area contributed by atoms with Crippen LogP contribution in [0, 0.1) is 0 Å². The highest BCUT2D eigenvalue weighted by Crippen LogP contribution is 2.48. The van der Waals surface area contributed by atoms with Gasteiger partial charge in [-0.05, 0) is 17.7 Å². The van der Waals surface area contributed by atoms with Crippen LogP contribution in [0.3, 0.4) is 0 Å². The van der Waals surface area contributed by atoms with Crippen LogP contribution in [-0.2, 0) is 0 Å². The van der Waals surface area contributed by atoms with Crippen LogP contribution in [-0.4, -0.2) is 11.0 Å². The van der Waals surface area contributed by atoms with Crippen molar-refractivity contribution in [1.82, 2.24) is 5.32 Å². The summed E-state index contributed by atoms with van der Waals surface area (Å²) in [6.45, 7) is 0. The van der Waals surface area contributed by atoms with Crippen LogP contribution in [0.25, 0.3) is 5.70 Å². The van der Waals surface area contributed by atoms with Crippen LogP contribution < -0.4 is 5.32 Å². The largest absolute Gasteiger partial charge is 0.316 e. The molecule has 1 amide bonds. The molecule has 0 spiro atoms. The second-order valence-electron chi connectivity index (χ2n) is 5.13. The third-order valence-electron chi connectivity index (χ3n) is 3.84. The number of amides is 1. The molecule has 2 aromatic carbocycles. The average molecular weight is 372 g/mol. The zero-order valence-electron chi connectivity index (χ0n) is 11.3. The number of hydrogen-bond donors (Lipinski definition) is 1. The molecule has 22 heavy (non-hydrogen) atoms. The van der Waals surface area contributed by atoms with E-state index in [1.165, 1.54) is 0 Å². The van der Waals surface area contributed by atoms with Crippen molar-refractivity contribution in [3.63, 3.8) is 0 Å². The Bertz CT molecular complexity index is 842. The second kappa shape index (κ2) is 5.11. The number of benzene rings is 2. The molecule has 0 unspecified atom stereocenters. The van der Waals surface area contributed by atoms with Gasteiger partial charge in [0, 0.05) is 21.2 Å². The van der Waals surface area contributed by atoms with E-state index < -0.39 is 0 Å². The molecule has 0 saturated carbocycles. The molecule has 4 rings (SSSR count). The molecule has 1 N–H and O–H groups in total. The first-order valence-corrected chi connectivity index (χ1v) is 8.44. The smallest absolute Gasteiger partial charge is 0.284 e. The van der Waals surface area contributed by atoms with E-state index in [2.05, 4.69) is 21.2 Å². The predicted molar refractivity (Wildman–Crippen MR) is 90.7 cm³/mol. The van der Waals surface area contributed by atoms with Gasteiger partial charge in [-0.15, -0.1) is 0 Å². The molecular weight excluding hydrogens is 362 g/mol. The number of fused-ring (bicyclic) bond motifs is 2. The third-order valence-corrected chi connectivity index (χ3v) is 5.43. The Balaban J connectivity index is 1.88. The molecule has 3 nitrogen and oxygen atoms in total. The van der Waals surface area contributed by atoms with Gasteiger partial charge in [0.2, 0.25) is 0 Å². The first kappa shape index (κ1) is 13.8. The number of carbonyl (C=O) groups is 2. The number of thioether (sulfide) groups is 1. The quantitative estimate of drug-likeness (QED) is 0.799. The van der Waals surface area contributed by atoms with Crippen LogP contribution in [0.15, 0.2) is 58.6 Å². The Morgan fingerprint density at radius 1 is 0.955 bits per heavy atom. The molecular formula is C17H10BrNO2S. The van der Waals surface area contributed by atoms with Gasteiger partial charge in [-0.25, -0.2) is 0 Å². The minimum absolute atomic E-state index is 0.00557. The van der Waals surface area contributed by atoms with E-state index >= 15 is 0 Å². The number of rotatable bonds is 1. The zero-order valence-corrected chi connectivity index (χ0v) is 13.7. The number of nitrogens with one attached hydrogen (secondary N) is 1. The van der Waals surface area contributed by atoms with E-state index in [9.17, 15) is 9.59 Å². The molecule has 1 aliphatic carbocycles. The van der Waals surface area contributed by atoms with E-state index in [4.69, 9.17) is 0 Å². The van der Waals surface area contributed by atoms with E-state index in [0.717, 1.165) is 27.4 Å². The lowest BCUT2D eigenvalue weighted by molar-refractivity contribution is 0.103. The first-order chi connectivity index (χ1) is 10.6. The van der Waals surface area contributed by atoms with E-state index in [0.29, 0.717) is 16.8 Å². The van der Waals surface area contributed by atoms with Gasteiger partial charge in [0.25, 0.3) is 5.24 Å². The molecule has 0 aromatic heterocycles. The minimum atomic E-state index is -0.267. The summed E-state index contributed by atoms with van der Waals surface area (Å²) in [5.74, 6) is 0.00557. The summed E-state index contributed by atoms with van der Waals surface area (Å²) in [6.07, 6.45) is 0. The summed E-state index contributed by atoms with van der Waals surface area (Å²) in [5.41, 5.74) is 3.78. The Labute approximate surface area is 139 Å². The highest BCUT2D eigenvalue weighted by Gasteiger charge is 2.40. The SMILES string of the molecule is O=C1NC2=C(C(=O)c3ccccc32)[C@@H](c2ccc(Br)cc2)S1. The lowest BCUT2D eigenvalue weighted by atomic mass is 10.0. The van der Waals surface area contributed by atoms with Gasteiger partial charge in [0.05, 0.1) is 10.9 Å². The van der Waals surface area contributed by atoms with Gasteiger partial charge < -0.3 is 5.32 Å². The second-order valence-corrected chi connectivity index (χ2v) is 7.12. The maximum absolute atomic E-state index is 12.8. The Morgan fingerprint density at radius 2 is 1.64 bits per heavy atom. The van der Waals surface area contributed by atoms with Crippen molar-refractivity contribution in [2.24, 2.45) is 0 Å². The monoisotopic (exact) mass is 371 g/mol. The molecule has 1 aliphatic heterocycles. The summed E-state index contributed by atoms with van der Waals surface area (Å²) >= 11 is 4.56. The van der Waals surface area contributed by atoms with Crippen LogP contribution in [0.2, 0.25) is 0 Å². The molecule has 2 aliphatic rings. The molecule has 0 saturated heterocycles. The van der Waals surface area contributed by atoms with Crippen molar-refractivity contribution in [3.8, 4) is 0 Å². The van der Waals surface area contributed by atoms with Crippen LogP contribution >= 0.6 is 27.7 Å². The van der Waals surface area contributed by atoms with E-state index in [1.54, 1.807) is 0 Å². The maximum atomic E-state index is 12.8. The Kier molecular flexibility index (Phi) is 3.20. The first-order valence-electron chi connectivity index (χ1n) is 6.76. The number of ketones is 1. The number of hydrogen-bond acceptors (Lipinski definition) is 3. The molecule has 0 bridgehead atoms. The van der Waals surface area contributed by atoms with E-state index in [-0.39, 0.29) is 16.3 Å². The average Bonchev–Trinajstić information content (AvgIpc) is 2.81. The molecule has 0 radical (unpaired) electrons. The summed E-state index contributed by atoms with van der Waals surface area (Å²) < 4.78 is 0.969. The fraction of sp³-hybridized carbons (Fsp3) is 0.0588. The molecule has 1 heterocycles. The van der Waals surface area contributed by atoms with Crippen molar-refractivity contribution in [2.75, 3.05) is 0 Å². The summed E-state index contributed by atoms with van der Waals surface area (Å²) in [7, 11) is 0. The minimum Gasteiger partial charge on any atom is -0.316 e. The maximum Gasteiger partial charge on any atom is 0.284 e. The molecule has 0 fully saturated rings. The van der Waals surface area contributed by atoms with Crippen molar-refractivity contribution < 1.29 is 9.59 Å². The predicted octanol–water partition coefficient (Wildman–Crippen LogP) is 4.55. The topological polar surface area (TPSA) is 46.2 Å². The van der Waals surface area contributed by atoms with Crippen LogP contribution in [0.5, 0.6) is 0 Å². The van der Waals surface area contributed by atoms with Gasteiger partial charge >= 0.3 is 0 Å². The van der Waals surface area contributed by atoms with Crippen molar-refractivity contribution in [3.05, 3.63) is 75.3 Å². The zero-order chi connectivity index (χ0) is 15.3. The van der Waals surface area contributed by atoms with Gasteiger partial charge in [-0.1, -0.05) is 64.1 Å². The number of Topliss-reactive ketones (excluding diaryl/α,β-unsaturated/α-hetero) is 1. The van der Waals surface area contributed by atoms with Crippen molar-refractivity contribution >= 4 is 44.4 Å². The highest BCUT2D eigenvalue weighted by atomic mass is 79.9. The van der Waals surface area contributed by atoms with Gasteiger partial charge in [0.1, 0.15) is 0 Å². The van der Waals surface area contributed by atoms with Crippen molar-refractivity contribution in [1.29, 1.82) is 0 Å². The van der Waals surface area contributed by atoms with Gasteiger partial charge in [-0.3, -0.25) is 9.59 Å². The lowest BCUT2D eigenvalue weighted by Crippen LogP contribution is -2.25. The van der Waals surface area contributed by atoms with E-state index in [1.807, 2.05) is 48.5 Å². The molecule has 108 valence electrons. The van der Waals surface area contributed by atoms with Crippen LogP contribution in [0.1, 0.15) is 26.7 Å². The van der Waals surface area contributed by atoms with Gasteiger partial charge in [0.15, 0.2) is 5.78 Å². The fourth-order valence-electron chi connectivity index (χ4n) is 2.86. The summed E-state index contributed by atoms with van der Waals surface area (Å²) in [6, 6.07) is 15.2. The van der Waals surface area contributed by atoms with Crippen LogP contribution in [0.4, 0.5) is 4.79 Å². The fourth-order valence-corrected chi connectivity index (χ4v) is 4.13. The normalized spacial score (nSPS) is 19.8. The standard InChI is InChI=1S/C17H10BrNO2S/c18-10-7-5-9(6-8-10)16-13-14(19-17(21)22-16)11-3-1-2-4-12(11)15(13)20/h1-8,16H,(H,19,21)/t16-/m1/s1. The molecule has 5 heteroatoms. The van der Waals surface area contributed by atoms with Crippen molar-refractivity contribution in [2.45, 2.75) is 5.25 Å². The highest BCUT2D eigenvalue weighted by molar-refractivity contribution is 9.10. The lowest BCUT2D eigenvalue weighted by Gasteiger charge is -2.24. The molecule has 1 atom stereocenters. The summed E-state index contributed by atoms with van der Waals surface area (Å²) in [5, 5.41) is 2.45. The Hall–Kier alpha value is -1.85. The molecule has 2 aromatic rings. The number of carbonyl (C=O) groups excluding carboxylic acids is 2. The third kappa shape index (κ3) is 2.04. The Morgan fingerprint density at radius 3 is 2.36 bits per heavy atom.